The fourth-order valence-electron chi connectivity index (χ4n) is 3.04. The number of hydrogen-bond acceptors (Lipinski definition) is 7. The van der Waals surface area contributed by atoms with E-state index in [2.05, 4.69) is 25.2 Å². The van der Waals surface area contributed by atoms with Crippen molar-refractivity contribution < 1.29 is 8.94 Å². The van der Waals surface area contributed by atoms with Crippen LogP contribution in [0.15, 0.2) is 39.3 Å². The molecule has 1 aliphatic heterocycles. The maximum absolute atomic E-state index is 5.62. The summed E-state index contributed by atoms with van der Waals surface area (Å²) in [6, 6.07) is 9.96. The molecule has 0 aliphatic carbocycles. The largest absolute Gasteiger partial charge is 0.424 e. The van der Waals surface area contributed by atoms with E-state index in [1.165, 1.54) is 0 Å². The maximum atomic E-state index is 5.62. The first-order valence-corrected chi connectivity index (χ1v) is 8.28. The summed E-state index contributed by atoms with van der Waals surface area (Å²) in [5.41, 5.74) is 0.960. The minimum atomic E-state index is 0.104. The van der Waals surface area contributed by atoms with Crippen molar-refractivity contribution in [1.29, 1.82) is 0 Å². The van der Waals surface area contributed by atoms with Gasteiger partial charge in [0.1, 0.15) is 0 Å². The van der Waals surface area contributed by atoms with E-state index in [1.807, 2.05) is 37.3 Å². The predicted octanol–water partition coefficient (Wildman–Crippen LogP) is 3.02. The van der Waals surface area contributed by atoms with Gasteiger partial charge in [-0.05, 0) is 19.4 Å². The topological polar surface area (TPSA) is 81.1 Å². The molecule has 1 atom stereocenters. The van der Waals surface area contributed by atoms with Gasteiger partial charge in [0.05, 0.1) is 12.6 Å². The van der Waals surface area contributed by atoms with E-state index in [1.54, 1.807) is 0 Å². The van der Waals surface area contributed by atoms with E-state index in [9.17, 15) is 0 Å². The van der Waals surface area contributed by atoms with Crippen LogP contribution in [0, 0.1) is 0 Å². The molecule has 3 aromatic rings. The summed E-state index contributed by atoms with van der Waals surface area (Å²) < 4.78 is 11.2. The fraction of sp³-hybridized carbons (Fsp3) is 0.412. The van der Waals surface area contributed by atoms with Crippen LogP contribution in [0.5, 0.6) is 0 Å². The second-order valence-corrected chi connectivity index (χ2v) is 5.89. The molecule has 0 bridgehead atoms. The van der Waals surface area contributed by atoms with E-state index in [4.69, 9.17) is 8.94 Å². The third-order valence-electron chi connectivity index (χ3n) is 4.27. The van der Waals surface area contributed by atoms with Crippen molar-refractivity contribution in [1.82, 2.24) is 25.2 Å². The highest BCUT2D eigenvalue weighted by Gasteiger charge is 2.32. The van der Waals surface area contributed by atoms with E-state index in [-0.39, 0.29) is 6.04 Å². The minimum absolute atomic E-state index is 0.104. The molecule has 2 aromatic heterocycles. The Morgan fingerprint density at radius 2 is 2.00 bits per heavy atom. The van der Waals surface area contributed by atoms with Crippen LogP contribution in [-0.2, 0) is 13.0 Å². The van der Waals surface area contributed by atoms with Gasteiger partial charge in [0.15, 0.2) is 0 Å². The van der Waals surface area contributed by atoms with Crippen molar-refractivity contribution in [2.75, 3.05) is 6.54 Å². The highest BCUT2D eigenvalue weighted by atomic mass is 16.5. The zero-order valence-corrected chi connectivity index (χ0v) is 13.6. The highest BCUT2D eigenvalue weighted by Crippen LogP contribution is 2.33. The fourth-order valence-corrected chi connectivity index (χ4v) is 3.04. The summed E-state index contributed by atoms with van der Waals surface area (Å²) in [4.78, 5) is 6.85. The van der Waals surface area contributed by atoms with E-state index < -0.39 is 0 Å². The lowest BCUT2D eigenvalue weighted by Crippen LogP contribution is -2.23. The molecule has 0 unspecified atom stereocenters. The summed E-state index contributed by atoms with van der Waals surface area (Å²) >= 11 is 0. The Morgan fingerprint density at radius 3 is 2.79 bits per heavy atom. The number of benzene rings is 1. The second kappa shape index (κ2) is 6.52. The van der Waals surface area contributed by atoms with Crippen LogP contribution in [-0.4, -0.2) is 31.8 Å². The number of likely N-dealkylation sites (tertiary alicyclic amines) is 1. The van der Waals surface area contributed by atoms with Gasteiger partial charge in [-0.25, -0.2) is 0 Å². The molecular formula is C17H19N5O2. The Hall–Kier alpha value is -2.54. The van der Waals surface area contributed by atoms with Crippen molar-refractivity contribution >= 4 is 0 Å². The van der Waals surface area contributed by atoms with Crippen molar-refractivity contribution in [3.05, 3.63) is 48.0 Å². The summed E-state index contributed by atoms with van der Waals surface area (Å²) in [7, 11) is 0. The summed E-state index contributed by atoms with van der Waals surface area (Å²) in [5, 5.41) is 12.3. The Labute approximate surface area is 139 Å². The molecule has 4 rings (SSSR count). The van der Waals surface area contributed by atoms with Crippen molar-refractivity contribution in [2.45, 2.75) is 38.8 Å². The SMILES string of the molecule is CCc1nnc(CN2CCC[C@H]2c2nc(-c3ccccc3)no2)o1. The Morgan fingerprint density at radius 1 is 1.17 bits per heavy atom. The highest BCUT2D eigenvalue weighted by molar-refractivity contribution is 5.53. The molecule has 0 radical (unpaired) electrons. The minimum Gasteiger partial charge on any atom is -0.424 e. The van der Waals surface area contributed by atoms with Gasteiger partial charge in [0.2, 0.25) is 23.5 Å². The molecule has 0 spiro atoms. The number of nitrogens with zero attached hydrogens (tertiary/aromatic N) is 5. The molecule has 7 heteroatoms. The van der Waals surface area contributed by atoms with Crippen LogP contribution in [0.25, 0.3) is 11.4 Å². The second-order valence-electron chi connectivity index (χ2n) is 5.89. The van der Waals surface area contributed by atoms with Crippen molar-refractivity contribution in [3.63, 3.8) is 0 Å². The molecule has 7 nitrogen and oxygen atoms in total. The lowest BCUT2D eigenvalue weighted by Gasteiger charge is -2.19. The molecule has 1 aliphatic rings. The summed E-state index contributed by atoms with van der Waals surface area (Å²) in [5.74, 6) is 2.59. The number of hydrogen-bond donors (Lipinski definition) is 0. The Balaban J connectivity index is 1.51. The van der Waals surface area contributed by atoms with Gasteiger partial charge >= 0.3 is 0 Å². The van der Waals surface area contributed by atoms with E-state index >= 15 is 0 Å². The van der Waals surface area contributed by atoms with Crippen LogP contribution in [0.2, 0.25) is 0 Å². The molecule has 1 aromatic carbocycles. The summed E-state index contributed by atoms with van der Waals surface area (Å²) in [6.45, 7) is 3.57. The molecule has 0 saturated carbocycles. The lowest BCUT2D eigenvalue weighted by molar-refractivity contribution is 0.184. The number of rotatable bonds is 5. The smallest absolute Gasteiger partial charge is 0.244 e. The van der Waals surface area contributed by atoms with Gasteiger partial charge < -0.3 is 8.94 Å². The van der Waals surface area contributed by atoms with Crippen LogP contribution in [0.4, 0.5) is 0 Å². The predicted molar refractivity (Wildman–Crippen MR) is 85.8 cm³/mol. The summed E-state index contributed by atoms with van der Waals surface area (Å²) in [6.07, 6.45) is 2.83. The van der Waals surface area contributed by atoms with Gasteiger partial charge in [-0.1, -0.05) is 42.4 Å². The molecule has 1 fully saturated rings. The average Bonchev–Trinajstić information content (AvgIpc) is 3.36. The normalized spacial score (nSPS) is 18.3. The third kappa shape index (κ3) is 2.94. The van der Waals surface area contributed by atoms with E-state index in [0.29, 0.717) is 30.0 Å². The first-order valence-electron chi connectivity index (χ1n) is 8.28. The first-order chi connectivity index (χ1) is 11.8. The first kappa shape index (κ1) is 15.0. The molecule has 3 heterocycles. The lowest BCUT2D eigenvalue weighted by atomic mass is 10.2. The molecule has 124 valence electrons. The Bertz CT molecular complexity index is 798. The molecule has 0 N–H and O–H groups in total. The van der Waals surface area contributed by atoms with Crippen LogP contribution >= 0.6 is 0 Å². The van der Waals surface area contributed by atoms with Crippen molar-refractivity contribution in [3.8, 4) is 11.4 Å². The number of aryl methyl sites for hydroxylation is 1. The quantitative estimate of drug-likeness (QED) is 0.713. The van der Waals surface area contributed by atoms with Crippen molar-refractivity contribution in [2.24, 2.45) is 0 Å². The van der Waals surface area contributed by atoms with Gasteiger partial charge in [0, 0.05) is 12.0 Å². The Kier molecular flexibility index (Phi) is 4.08. The van der Waals surface area contributed by atoms with Crippen LogP contribution < -0.4 is 0 Å². The van der Waals surface area contributed by atoms with Gasteiger partial charge in [-0.15, -0.1) is 10.2 Å². The zero-order valence-electron chi connectivity index (χ0n) is 13.6. The molecular weight excluding hydrogens is 306 g/mol. The van der Waals surface area contributed by atoms with Crippen LogP contribution in [0.1, 0.15) is 43.5 Å². The molecule has 0 amide bonds. The number of aromatic nitrogens is 4. The average molecular weight is 325 g/mol. The zero-order chi connectivity index (χ0) is 16.4. The maximum Gasteiger partial charge on any atom is 0.244 e. The monoisotopic (exact) mass is 325 g/mol. The third-order valence-corrected chi connectivity index (χ3v) is 4.27. The molecule has 24 heavy (non-hydrogen) atoms. The standard InChI is InChI=1S/C17H19N5O2/c1-2-14-19-20-15(23-14)11-22-10-6-9-13(22)17-18-16(21-24-17)12-7-4-3-5-8-12/h3-5,7-8,13H,2,6,9-11H2,1H3/t13-/m0/s1. The van der Waals surface area contributed by atoms with Crippen LogP contribution in [0.3, 0.4) is 0 Å². The van der Waals surface area contributed by atoms with Gasteiger partial charge in [0.25, 0.3) is 0 Å². The van der Waals surface area contributed by atoms with Gasteiger partial charge in [-0.2, -0.15) is 4.98 Å². The van der Waals surface area contributed by atoms with Gasteiger partial charge in [-0.3, -0.25) is 4.90 Å². The molecule has 1 saturated heterocycles. The van der Waals surface area contributed by atoms with E-state index in [0.717, 1.165) is 31.4 Å².